The summed E-state index contributed by atoms with van der Waals surface area (Å²) >= 11 is 6.04. The molecule has 0 amide bonds. The highest BCUT2D eigenvalue weighted by Crippen LogP contribution is 2.40. The Balaban J connectivity index is 2.27. The summed E-state index contributed by atoms with van der Waals surface area (Å²) in [7, 11) is 0. The summed E-state index contributed by atoms with van der Waals surface area (Å²) in [5.41, 5.74) is 2.14. The fourth-order valence-electron chi connectivity index (χ4n) is 1.56. The van der Waals surface area contributed by atoms with Crippen molar-refractivity contribution in [3.63, 3.8) is 0 Å². The van der Waals surface area contributed by atoms with Gasteiger partial charge in [-0.1, -0.05) is 11.6 Å². The molecule has 2 aromatic rings. The number of hydrogen-bond acceptors (Lipinski definition) is 2. The van der Waals surface area contributed by atoms with Crippen LogP contribution in [0.4, 0.5) is 0 Å². The average Bonchev–Trinajstić information content (AvgIpc) is 2.85. The summed E-state index contributed by atoms with van der Waals surface area (Å²) in [6.45, 7) is 0. The standard InChI is InChI=1S/C9H8ClN3/c10-8-3-7(6-1-2-6)4-9-11-5-12-13(8)9/h3-6H,1-2H2. The number of halogens is 1. The predicted molar refractivity (Wildman–Crippen MR) is 50.0 cm³/mol. The van der Waals surface area contributed by atoms with Crippen molar-refractivity contribution in [1.29, 1.82) is 0 Å². The third kappa shape index (κ3) is 1.11. The van der Waals surface area contributed by atoms with Gasteiger partial charge in [0.1, 0.15) is 11.5 Å². The summed E-state index contributed by atoms with van der Waals surface area (Å²) in [4.78, 5) is 4.12. The molecule has 0 N–H and O–H groups in total. The van der Waals surface area contributed by atoms with Gasteiger partial charge in [0.25, 0.3) is 0 Å². The molecule has 66 valence electrons. The lowest BCUT2D eigenvalue weighted by molar-refractivity contribution is 0.951. The molecule has 0 bridgehead atoms. The Bertz CT molecular complexity index is 459. The molecule has 1 aliphatic rings. The van der Waals surface area contributed by atoms with Gasteiger partial charge in [-0.2, -0.15) is 5.10 Å². The molecule has 0 unspecified atom stereocenters. The van der Waals surface area contributed by atoms with E-state index in [4.69, 9.17) is 11.6 Å². The third-order valence-electron chi connectivity index (χ3n) is 2.41. The van der Waals surface area contributed by atoms with Gasteiger partial charge in [0.05, 0.1) is 0 Å². The highest BCUT2D eigenvalue weighted by molar-refractivity contribution is 6.29. The smallest absolute Gasteiger partial charge is 0.157 e. The second kappa shape index (κ2) is 2.45. The van der Waals surface area contributed by atoms with Crippen LogP contribution >= 0.6 is 11.6 Å². The lowest BCUT2D eigenvalue weighted by atomic mass is 10.2. The van der Waals surface area contributed by atoms with Gasteiger partial charge in [-0.05, 0) is 36.5 Å². The van der Waals surface area contributed by atoms with Crippen molar-refractivity contribution in [2.24, 2.45) is 0 Å². The lowest BCUT2D eigenvalue weighted by Gasteiger charge is -2.00. The van der Waals surface area contributed by atoms with Crippen LogP contribution in [-0.4, -0.2) is 14.6 Å². The molecular formula is C9H8ClN3. The minimum atomic E-state index is 0.650. The second-order valence-corrected chi connectivity index (χ2v) is 3.80. The number of nitrogens with zero attached hydrogens (tertiary/aromatic N) is 3. The van der Waals surface area contributed by atoms with Crippen molar-refractivity contribution >= 4 is 17.2 Å². The zero-order valence-electron chi connectivity index (χ0n) is 6.94. The van der Waals surface area contributed by atoms with E-state index in [2.05, 4.69) is 16.1 Å². The SMILES string of the molecule is Clc1cc(C2CC2)cc2ncnn12. The van der Waals surface area contributed by atoms with E-state index in [0.717, 1.165) is 5.65 Å². The van der Waals surface area contributed by atoms with Crippen LogP contribution in [0.2, 0.25) is 5.15 Å². The first-order valence-electron chi connectivity index (χ1n) is 4.34. The lowest BCUT2D eigenvalue weighted by Crippen LogP contribution is -1.91. The van der Waals surface area contributed by atoms with Crippen molar-refractivity contribution in [1.82, 2.24) is 14.6 Å². The molecule has 0 atom stereocenters. The van der Waals surface area contributed by atoms with E-state index >= 15 is 0 Å². The zero-order chi connectivity index (χ0) is 8.84. The van der Waals surface area contributed by atoms with Crippen molar-refractivity contribution in [3.05, 3.63) is 29.2 Å². The molecule has 1 fully saturated rings. The molecular weight excluding hydrogens is 186 g/mol. The first-order valence-corrected chi connectivity index (χ1v) is 4.71. The molecule has 1 aliphatic carbocycles. The Morgan fingerprint density at radius 1 is 1.38 bits per heavy atom. The van der Waals surface area contributed by atoms with Crippen molar-refractivity contribution < 1.29 is 0 Å². The van der Waals surface area contributed by atoms with Gasteiger partial charge in [0, 0.05) is 0 Å². The van der Waals surface area contributed by atoms with E-state index in [1.165, 1.54) is 24.7 Å². The van der Waals surface area contributed by atoms with E-state index in [0.29, 0.717) is 11.1 Å². The molecule has 0 saturated heterocycles. The van der Waals surface area contributed by atoms with E-state index in [9.17, 15) is 0 Å². The van der Waals surface area contributed by atoms with Gasteiger partial charge < -0.3 is 0 Å². The van der Waals surface area contributed by atoms with E-state index in [1.54, 1.807) is 4.52 Å². The molecule has 2 aromatic heterocycles. The molecule has 0 aromatic carbocycles. The Kier molecular flexibility index (Phi) is 1.38. The fourth-order valence-corrected chi connectivity index (χ4v) is 1.81. The van der Waals surface area contributed by atoms with Crippen LogP contribution in [0.5, 0.6) is 0 Å². The first kappa shape index (κ1) is 7.33. The van der Waals surface area contributed by atoms with Crippen molar-refractivity contribution in [3.8, 4) is 0 Å². The minimum absolute atomic E-state index is 0.650. The largest absolute Gasteiger partial charge is 0.215 e. The number of hydrogen-bond donors (Lipinski definition) is 0. The quantitative estimate of drug-likeness (QED) is 0.651. The third-order valence-corrected chi connectivity index (χ3v) is 2.68. The molecule has 0 aliphatic heterocycles. The van der Waals surface area contributed by atoms with Gasteiger partial charge in [-0.25, -0.2) is 9.50 Å². The Morgan fingerprint density at radius 3 is 3.00 bits per heavy atom. The van der Waals surface area contributed by atoms with Gasteiger partial charge in [-0.15, -0.1) is 0 Å². The predicted octanol–water partition coefficient (Wildman–Crippen LogP) is 2.26. The van der Waals surface area contributed by atoms with Crippen LogP contribution < -0.4 is 0 Å². The molecule has 1 saturated carbocycles. The topological polar surface area (TPSA) is 30.2 Å². The number of fused-ring (bicyclic) bond motifs is 1. The Hall–Kier alpha value is -1.09. The Labute approximate surface area is 80.3 Å². The van der Waals surface area contributed by atoms with E-state index in [-0.39, 0.29) is 0 Å². The zero-order valence-corrected chi connectivity index (χ0v) is 7.70. The Morgan fingerprint density at radius 2 is 2.23 bits per heavy atom. The summed E-state index contributed by atoms with van der Waals surface area (Å²) in [5, 5.41) is 4.66. The summed E-state index contributed by atoms with van der Waals surface area (Å²) in [6, 6.07) is 4.05. The summed E-state index contributed by atoms with van der Waals surface area (Å²) < 4.78 is 1.65. The normalized spacial score (nSPS) is 16.7. The molecule has 4 heteroatoms. The highest BCUT2D eigenvalue weighted by Gasteiger charge is 2.24. The van der Waals surface area contributed by atoms with Gasteiger partial charge in [0.2, 0.25) is 0 Å². The molecule has 2 heterocycles. The minimum Gasteiger partial charge on any atom is -0.215 e. The average molecular weight is 194 g/mol. The van der Waals surface area contributed by atoms with Gasteiger partial charge >= 0.3 is 0 Å². The summed E-state index contributed by atoms with van der Waals surface area (Å²) in [5.74, 6) is 0.708. The van der Waals surface area contributed by atoms with Crippen molar-refractivity contribution in [2.45, 2.75) is 18.8 Å². The first-order chi connectivity index (χ1) is 6.34. The molecule has 3 nitrogen and oxygen atoms in total. The van der Waals surface area contributed by atoms with E-state index < -0.39 is 0 Å². The number of aromatic nitrogens is 3. The van der Waals surface area contributed by atoms with E-state index in [1.807, 2.05) is 6.07 Å². The van der Waals surface area contributed by atoms with Crippen LogP contribution in [0.25, 0.3) is 5.65 Å². The molecule has 0 radical (unpaired) electrons. The van der Waals surface area contributed by atoms with Crippen molar-refractivity contribution in [2.75, 3.05) is 0 Å². The van der Waals surface area contributed by atoms with Crippen LogP contribution in [0.15, 0.2) is 18.5 Å². The number of rotatable bonds is 1. The summed E-state index contributed by atoms with van der Waals surface area (Å²) in [6.07, 6.45) is 4.08. The van der Waals surface area contributed by atoms with Gasteiger partial charge in [0.15, 0.2) is 5.65 Å². The van der Waals surface area contributed by atoms with Gasteiger partial charge in [-0.3, -0.25) is 0 Å². The van der Waals surface area contributed by atoms with Crippen LogP contribution in [-0.2, 0) is 0 Å². The fraction of sp³-hybridized carbons (Fsp3) is 0.333. The second-order valence-electron chi connectivity index (χ2n) is 3.42. The maximum atomic E-state index is 6.04. The maximum absolute atomic E-state index is 6.04. The molecule has 0 spiro atoms. The van der Waals surface area contributed by atoms with Crippen LogP contribution in [0, 0.1) is 0 Å². The van der Waals surface area contributed by atoms with Crippen LogP contribution in [0.1, 0.15) is 24.3 Å². The molecule has 3 rings (SSSR count). The highest BCUT2D eigenvalue weighted by atomic mass is 35.5. The number of pyridine rings is 1. The monoisotopic (exact) mass is 193 g/mol. The molecule has 13 heavy (non-hydrogen) atoms. The van der Waals surface area contributed by atoms with Crippen LogP contribution in [0.3, 0.4) is 0 Å². The maximum Gasteiger partial charge on any atom is 0.157 e.